The smallest absolute Gasteiger partial charge is 0.302 e. The molecule has 0 aromatic heterocycles. The van der Waals surface area contributed by atoms with Crippen LogP contribution in [0, 0.1) is 0 Å². The van der Waals surface area contributed by atoms with Crippen LogP contribution in [0.15, 0.2) is 18.2 Å². The van der Waals surface area contributed by atoms with Crippen molar-refractivity contribution in [2.24, 2.45) is 0 Å². The van der Waals surface area contributed by atoms with E-state index >= 15 is 0 Å². The first kappa shape index (κ1) is 11.4. The Labute approximate surface area is 95.0 Å². The van der Waals surface area contributed by atoms with Gasteiger partial charge in [0, 0.05) is 13.1 Å². The van der Waals surface area contributed by atoms with Crippen LogP contribution in [0.2, 0.25) is 0 Å². The minimum absolute atomic E-state index is 0.400. The Morgan fingerprint density at radius 3 is 2.81 bits per heavy atom. The maximum absolute atomic E-state index is 10.7. The molecule has 1 aliphatic heterocycles. The number of likely N-dealkylation sites (N-methyl/N-ethyl adjacent to an activating group) is 1. The van der Waals surface area contributed by atoms with Crippen molar-refractivity contribution < 1.29 is 13.0 Å². The van der Waals surface area contributed by atoms with Crippen LogP contribution < -0.4 is 4.72 Å². The molecule has 0 bridgehead atoms. The minimum Gasteiger partial charge on any atom is -0.302 e. The highest BCUT2D eigenvalue weighted by Crippen LogP contribution is 2.22. The van der Waals surface area contributed by atoms with Gasteiger partial charge in [-0.15, -0.1) is 0 Å². The molecule has 2 rings (SSSR count). The number of anilines is 1. The molecule has 2 N–H and O–H groups in total. The number of hydrogen-bond acceptors (Lipinski definition) is 3. The molecule has 1 heterocycles. The predicted molar refractivity (Wildman–Crippen MR) is 61.7 cm³/mol. The first-order valence-electron chi connectivity index (χ1n) is 4.99. The summed E-state index contributed by atoms with van der Waals surface area (Å²) in [5.74, 6) is 0. The molecular weight excluding hydrogens is 228 g/mol. The second-order valence-electron chi connectivity index (χ2n) is 4.05. The van der Waals surface area contributed by atoms with Gasteiger partial charge < -0.3 is 4.90 Å². The summed E-state index contributed by atoms with van der Waals surface area (Å²) in [6.07, 6.45) is 0.970. The fourth-order valence-corrected chi connectivity index (χ4v) is 2.34. The normalized spacial score (nSPS) is 16.9. The third-order valence-electron chi connectivity index (χ3n) is 2.66. The van der Waals surface area contributed by atoms with Gasteiger partial charge in [-0.2, -0.15) is 8.42 Å². The second kappa shape index (κ2) is 4.04. The molecule has 5 nitrogen and oxygen atoms in total. The highest BCUT2D eigenvalue weighted by molar-refractivity contribution is 7.87. The van der Waals surface area contributed by atoms with Gasteiger partial charge in [0.1, 0.15) is 0 Å². The van der Waals surface area contributed by atoms with Crippen LogP contribution in [0.3, 0.4) is 0 Å². The van der Waals surface area contributed by atoms with Crippen LogP contribution in [0.5, 0.6) is 0 Å². The largest absolute Gasteiger partial charge is 0.357 e. The van der Waals surface area contributed by atoms with Crippen molar-refractivity contribution in [3.8, 4) is 0 Å². The molecule has 0 fully saturated rings. The van der Waals surface area contributed by atoms with Crippen molar-refractivity contribution in [1.82, 2.24) is 4.90 Å². The number of nitrogens with zero attached hydrogens (tertiary/aromatic N) is 1. The van der Waals surface area contributed by atoms with Gasteiger partial charge in [0.15, 0.2) is 0 Å². The maximum Gasteiger partial charge on any atom is 0.357 e. The third kappa shape index (κ3) is 2.72. The van der Waals surface area contributed by atoms with E-state index in [9.17, 15) is 8.42 Å². The molecule has 1 aromatic rings. The van der Waals surface area contributed by atoms with Crippen LogP contribution in [0.4, 0.5) is 5.69 Å². The first-order valence-corrected chi connectivity index (χ1v) is 6.43. The van der Waals surface area contributed by atoms with Crippen molar-refractivity contribution in [1.29, 1.82) is 0 Å². The number of nitrogens with one attached hydrogen (secondary N) is 1. The molecule has 1 aliphatic rings. The molecule has 0 atom stereocenters. The van der Waals surface area contributed by atoms with Gasteiger partial charge in [0.25, 0.3) is 0 Å². The van der Waals surface area contributed by atoms with Gasteiger partial charge in [-0.05, 0) is 36.7 Å². The van der Waals surface area contributed by atoms with Crippen molar-refractivity contribution in [3.05, 3.63) is 29.3 Å². The lowest BCUT2D eigenvalue weighted by Crippen LogP contribution is -2.26. The first-order chi connectivity index (χ1) is 7.44. The Hall–Kier alpha value is -1.11. The zero-order chi connectivity index (χ0) is 11.8. The van der Waals surface area contributed by atoms with E-state index in [1.165, 1.54) is 5.56 Å². The van der Waals surface area contributed by atoms with E-state index in [-0.39, 0.29) is 0 Å². The van der Waals surface area contributed by atoms with Crippen molar-refractivity contribution in [2.45, 2.75) is 13.0 Å². The van der Waals surface area contributed by atoms with E-state index in [4.69, 9.17) is 4.55 Å². The average molecular weight is 242 g/mol. The number of rotatable bonds is 2. The van der Waals surface area contributed by atoms with Crippen molar-refractivity contribution in [3.63, 3.8) is 0 Å². The average Bonchev–Trinajstić information content (AvgIpc) is 2.14. The Balaban J connectivity index is 2.28. The van der Waals surface area contributed by atoms with Crippen molar-refractivity contribution in [2.75, 3.05) is 18.3 Å². The summed E-state index contributed by atoms with van der Waals surface area (Å²) in [5.41, 5.74) is 2.73. The van der Waals surface area contributed by atoms with Crippen molar-refractivity contribution >= 4 is 16.0 Å². The van der Waals surface area contributed by atoms with E-state index in [1.807, 2.05) is 13.1 Å². The monoisotopic (exact) mass is 242 g/mol. The molecule has 0 radical (unpaired) electrons. The van der Waals surface area contributed by atoms with Crippen LogP contribution in [-0.4, -0.2) is 31.5 Å². The van der Waals surface area contributed by atoms with Gasteiger partial charge in [-0.3, -0.25) is 9.27 Å². The van der Waals surface area contributed by atoms with E-state index in [2.05, 4.69) is 9.62 Å². The lowest BCUT2D eigenvalue weighted by molar-refractivity contribution is 0.313. The second-order valence-corrected chi connectivity index (χ2v) is 5.20. The number of hydrogen-bond donors (Lipinski definition) is 2. The minimum atomic E-state index is -4.18. The predicted octanol–water partition coefficient (Wildman–Crippen LogP) is 0.889. The summed E-state index contributed by atoms with van der Waals surface area (Å²) >= 11 is 0. The van der Waals surface area contributed by atoms with Gasteiger partial charge in [0.2, 0.25) is 0 Å². The molecule has 6 heteroatoms. The summed E-state index contributed by atoms with van der Waals surface area (Å²) in [5, 5.41) is 0. The molecular formula is C10H14N2O3S. The van der Waals surface area contributed by atoms with Crippen LogP contribution in [0.25, 0.3) is 0 Å². The lowest BCUT2D eigenvalue weighted by atomic mass is 10.00. The topological polar surface area (TPSA) is 69.6 Å². The van der Waals surface area contributed by atoms with Gasteiger partial charge in [-0.1, -0.05) is 6.07 Å². The molecule has 88 valence electrons. The number of fused-ring (bicyclic) bond motifs is 1. The summed E-state index contributed by atoms with van der Waals surface area (Å²) in [4.78, 5) is 2.17. The van der Waals surface area contributed by atoms with Gasteiger partial charge in [-0.25, -0.2) is 0 Å². The molecule has 1 aromatic carbocycles. The van der Waals surface area contributed by atoms with Crippen LogP contribution in [0.1, 0.15) is 11.1 Å². The van der Waals surface area contributed by atoms with Crippen LogP contribution in [-0.2, 0) is 23.3 Å². The quantitative estimate of drug-likeness (QED) is 0.756. The lowest BCUT2D eigenvalue weighted by Gasteiger charge is -2.25. The fraction of sp³-hybridized carbons (Fsp3) is 0.400. The Kier molecular flexibility index (Phi) is 2.88. The fourth-order valence-electron chi connectivity index (χ4n) is 1.91. The third-order valence-corrected chi connectivity index (χ3v) is 3.15. The Morgan fingerprint density at radius 1 is 1.38 bits per heavy atom. The summed E-state index contributed by atoms with van der Waals surface area (Å²) in [6.45, 7) is 1.81. The van der Waals surface area contributed by atoms with Gasteiger partial charge in [0.05, 0.1) is 5.69 Å². The van der Waals surface area contributed by atoms with E-state index < -0.39 is 10.3 Å². The zero-order valence-corrected chi connectivity index (χ0v) is 9.79. The summed E-state index contributed by atoms with van der Waals surface area (Å²) in [6, 6.07) is 5.33. The Morgan fingerprint density at radius 2 is 2.12 bits per heavy atom. The number of benzene rings is 1. The summed E-state index contributed by atoms with van der Waals surface area (Å²) in [7, 11) is -2.16. The standard InChI is InChI=1S/C10H14N2O3S/c1-12-5-4-8-2-3-10(6-9(8)7-12)11-16(13,14)15/h2-3,6,11H,4-5,7H2,1H3,(H,13,14,15). The highest BCUT2D eigenvalue weighted by atomic mass is 32.2. The maximum atomic E-state index is 10.7. The molecule has 0 aliphatic carbocycles. The molecule has 0 amide bonds. The van der Waals surface area contributed by atoms with E-state index in [0.717, 1.165) is 25.1 Å². The van der Waals surface area contributed by atoms with Crippen LogP contribution >= 0.6 is 0 Å². The molecule has 0 saturated heterocycles. The molecule has 16 heavy (non-hydrogen) atoms. The van der Waals surface area contributed by atoms with E-state index in [0.29, 0.717) is 5.69 Å². The SMILES string of the molecule is CN1CCc2ccc(NS(=O)(=O)O)cc2C1. The molecule has 0 unspecified atom stereocenters. The molecule has 0 spiro atoms. The highest BCUT2D eigenvalue weighted by Gasteiger charge is 2.14. The summed E-state index contributed by atoms with van der Waals surface area (Å²) < 4.78 is 32.1. The van der Waals surface area contributed by atoms with Gasteiger partial charge >= 0.3 is 10.3 Å². The molecule has 0 saturated carbocycles. The zero-order valence-electron chi connectivity index (χ0n) is 8.97. The van der Waals surface area contributed by atoms with E-state index in [1.54, 1.807) is 12.1 Å². The Bertz CT molecular complexity index is 499.